The SMILES string of the molecule is Cc1nc(-c2ccccc2NC2C(C)CCCC2C)n[nH]1. The van der Waals surface area contributed by atoms with Crippen LogP contribution in [0.25, 0.3) is 11.4 Å². The van der Waals surface area contributed by atoms with Crippen molar-refractivity contribution < 1.29 is 0 Å². The van der Waals surface area contributed by atoms with E-state index in [1.807, 2.05) is 13.0 Å². The molecule has 21 heavy (non-hydrogen) atoms. The molecule has 3 rings (SSSR count). The minimum atomic E-state index is 0.528. The lowest BCUT2D eigenvalue weighted by molar-refractivity contribution is 0.268. The Morgan fingerprint density at radius 3 is 2.52 bits per heavy atom. The molecule has 1 heterocycles. The molecular weight excluding hydrogens is 260 g/mol. The van der Waals surface area contributed by atoms with Crippen LogP contribution in [0.1, 0.15) is 38.9 Å². The van der Waals surface area contributed by atoms with Crippen LogP contribution in [0.4, 0.5) is 5.69 Å². The molecule has 1 aromatic carbocycles. The van der Waals surface area contributed by atoms with Gasteiger partial charge >= 0.3 is 0 Å². The average molecular weight is 284 g/mol. The summed E-state index contributed by atoms with van der Waals surface area (Å²) in [6, 6.07) is 8.86. The summed E-state index contributed by atoms with van der Waals surface area (Å²) in [7, 11) is 0. The van der Waals surface area contributed by atoms with Gasteiger partial charge in [0.25, 0.3) is 0 Å². The molecule has 1 saturated carbocycles. The van der Waals surface area contributed by atoms with Gasteiger partial charge in [-0.2, -0.15) is 5.10 Å². The fourth-order valence-corrected chi connectivity index (χ4v) is 3.41. The summed E-state index contributed by atoms with van der Waals surface area (Å²) >= 11 is 0. The maximum Gasteiger partial charge on any atom is 0.183 e. The summed E-state index contributed by atoms with van der Waals surface area (Å²) in [5.41, 5.74) is 2.22. The van der Waals surface area contributed by atoms with Gasteiger partial charge in [0, 0.05) is 17.3 Å². The zero-order chi connectivity index (χ0) is 14.8. The predicted molar refractivity (Wildman–Crippen MR) is 86.1 cm³/mol. The number of hydrogen-bond donors (Lipinski definition) is 2. The van der Waals surface area contributed by atoms with E-state index >= 15 is 0 Å². The summed E-state index contributed by atoms with van der Waals surface area (Å²) in [5.74, 6) is 3.03. The largest absolute Gasteiger partial charge is 0.381 e. The number of aromatic nitrogens is 3. The molecule has 0 saturated heterocycles. The first-order valence-electron chi connectivity index (χ1n) is 7.90. The third kappa shape index (κ3) is 2.94. The topological polar surface area (TPSA) is 53.6 Å². The van der Waals surface area contributed by atoms with E-state index in [0.717, 1.165) is 22.9 Å². The van der Waals surface area contributed by atoms with E-state index in [1.54, 1.807) is 0 Å². The molecule has 2 N–H and O–H groups in total. The van der Waals surface area contributed by atoms with Crippen molar-refractivity contribution in [1.29, 1.82) is 0 Å². The summed E-state index contributed by atoms with van der Waals surface area (Å²) in [6.45, 7) is 6.64. The van der Waals surface area contributed by atoms with Gasteiger partial charge in [0.15, 0.2) is 5.82 Å². The van der Waals surface area contributed by atoms with Crippen molar-refractivity contribution in [2.24, 2.45) is 11.8 Å². The molecule has 2 atom stereocenters. The quantitative estimate of drug-likeness (QED) is 0.895. The Kier molecular flexibility index (Phi) is 3.95. The number of H-pyrrole nitrogens is 1. The first-order valence-corrected chi connectivity index (χ1v) is 7.90. The van der Waals surface area contributed by atoms with E-state index in [9.17, 15) is 0 Å². The predicted octanol–water partition coefficient (Wildman–Crippen LogP) is 4.02. The molecule has 112 valence electrons. The van der Waals surface area contributed by atoms with Crippen molar-refractivity contribution in [2.45, 2.75) is 46.1 Å². The summed E-state index contributed by atoms with van der Waals surface area (Å²) in [4.78, 5) is 4.47. The Morgan fingerprint density at radius 1 is 1.14 bits per heavy atom. The van der Waals surface area contributed by atoms with Gasteiger partial charge in [-0.05, 0) is 43.7 Å². The maximum absolute atomic E-state index is 4.47. The van der Waals surface area contributed by atoms with E-state index in [1.165, 1.54) is 19.3 Å². The van der Waals surface area contributed by atoms with Crippen molar-refractivity contribution in [2.75, 3.05) is 5.32 Å². The lowest BCUT2D eigenvalue weighted by Gasteiger charge is -2.36. The first-order chi connectivity index (χ1) is 10.1. The zero-order valence-corrected chi connectivity index (χ0v) is 13.1. The summed E-state index contributed by atoms with van der Waals surface area (Å²) < 4.78 is 0. The number of benzene rings is 1. The molecule has 1 fully saturated rings. The maximum atomic E-state index is 4.47. The molecule has 1 aliphatic rings. The highest BCUT2D eigenvalue weighted by atomic mass is 15.2. The van der Waals surface area contributed by atoms with Gasteiger partial charge in [-0.15, -0.1) is 0 Å². The highest BCUT2D eigenvalue weighted by molar-refractivity contribution is 5.73. The number of aromatic amines is 1. The molecule has 0 radical (unpaired) electrons. The standard InChI is InChI=1S/C17H24N4/c1-11-7-6-8-12(2)16(11)19-15-10-5-4-9-14(15)17-18-13(3)20-21-17/h4-5,9-12,16,19H,6-8H2,1-3H3,(H,18,20,21). The molecule has 2 aromatic rings. The summed E-state index contributed by atoms with van der Waals surface area (Å²) in [5, 5.41) is 11.0. The first kappa shape index (κ1) is 14.1. The number of nitrogens with one attached hydrogen (secondary N) is 2. The summed E-state index contributed by atoms with van der Waals surface area (Å²) in [6.07, 6.45) is 3.97. The van der Waals surface area contributed by atoms with Crippen molar-refractivity contribution in [3.05, 3.63) is 30.1 Å². The smallest absolute Gasteiger partial charge is 0.183 e. The second-order valence-corrected chi connectivity index (χ2v) is 6.35. The second-order valence-electron chi connectivity index (χ2n) is 6.35. The van der Waals surface area contributed by atoms with Gasteiger partial charge in [0.2, 0.25) is 0 Å². The fraction of sp³-hybridized carbons (Fsp3) is 0.529. The molecule has 0 aliphatic heterocycles. The van der Waals surface area contributed by atoms with E-state index < -0.39 is 0 Å². The number of aryl methyl sites for hydroxylation is 1. The minimum absolute atomic E-state index is 0.528. The molecule has 1 aliphatic carbocycles. The average Bonchev–Trinajstić information content (AvgIpc) is 2.90. The van der Waals surface area contributed by atoms with Gasteiger partial charge in [0.1, 0.15) is 5.82 Å². The Labute approximate surface area is 126 Å². The minimum Gasteiger partial charge on any atom is -0.381 e. The van der Waals surface area contributed by atoms with Gasteiger partial charge < -0.3 is 5.32 Å². The van der Waals surface area contributed by atoms with E-state index in [2.05, 4.69) is 52.5 Å². The van der Waals surface area contributed by atoms with Crippen molar-refractivity contribution in [1.82, 2.24) is 15.2 Å². The number of rotatable bonds is 3. The van der Waals surface area contributed by atoms with Gasteiger partial charge in [-0.3, -0.25) is 5.10 Å². The van der Waals surface area contributed by atoms with Crippen molar-refractivity contribution in [3.8, 4) is 11.4 Å². The lowest BCUT2D eigenvalue weighted by Crippen LogP contribution is -2.37. The Balaban J connectivity index is 1.88. The lowest BCUT2D eigenvalue weighted by atomic mass is 9.78. The van der Waals surface area contributed by atoms with Gasteiger partial charge in [-0.1, -0.05) is 32.4 Å². The molecule has 2 unspecified atom stereocenters. The Bertz CT molecular complexity index is 594. The Morgan fingerprint density at radius 2 is 1.86 bits per heavy atom. The molecule has 4 heteroatoms. The monoisotopic (exact) mass is 284 g/mol. The third-order valence-electron chi connectivity index (χ3n) is 4.63. The number of anilines is 1. The molecule has 0 spiro atoms. The number of hydrogen-bond acceptors (Lipinski definition) is 3. The van der Waals surface area contributed by atoms with Crippen LogP contribution >= 0.6 is 0 Å². The van der Waals surface area contributed by atoms with Crippen LogP contribution in [-0.2, 0) is 0 Å². The van der Waals surface area contributed by atoms with E-state index in [-0.39, 0.29) is 0 Å². The number of para-hydroxylation sites is 1. The van der Waals surface area contributed by atoms with Crippen molar-refractivity contribution in [3.63, 3.8) is 0 Å². The van der Waals surface area contributed by atoms with E-state index in [4.69, 9.17) is 0 Å². The highest BCUT2D eigenvalue weighted by Gasteiger charge is 2.28. The zero-order valence-electron chi connectivity index (χ0n) is 13.1. The van der Waals surface area contributed by atoms with Crippen LogP contribution in [0.15, 0.2) is 24.3 Å². The van der Waals surface area contributed by atoms with Crippen LogP contribution in [0.5, 0.6) is 0 Å². The third-order valence-corrected chi connectivity index (χ3v) is 4.63. The molecular formula is C17H24N4. The van der Waals surface area contributed by atoms with E-state index in [0.29, 0.717) is 17.9 Å². The van der Waals surface area contributed by atoms with Crippen LogP contribution in [0.3, 0.4) is 0 Å². The fourth-order valence-electron chi connectivity index (χ4n) is 3.41. The Hall–Kier alpha value is -1.84. The second kappa shape index (κ2) is 5.88. The van der Waals surface area contributed by atoms with Gasteiger partial charge in [0.05, 0.1) is 0 Å². The van der Waals surface area contributed by atoms with Crippen LogP contribution in [0.2, 0.25) is 0 Å². The van der Waals surface area contributed by atoms with Crippen LogP contribution < -0.4 is 5.32 Å². The molecule has 0 amide bonds. The van der Waals surface area contributed by atoms with Crippen molar-refractivity contribution >= 4 is 5.69 Å². The van der Waals surface area contributed by atoms with Crippen LogP contribution in [0, 0.1) is 18.8 Å². The van der Waals surface area contributed by atoms with Crippen LogP contribution in [-0.4, -0.2) is 21.2 Å². The number of nitrogens with zero attached hydrogens (tertiary/aromatic N) is 2. The normalized spacial score (nSPS) is 25.8. The highest BCUT2D eigenvalue weighted by Crippen LogP contribution is 2.33. The molecule has 0 bridgehead atoms. The van der Waals surface area contributed by atoms with Gasteiger partial charge in [-0.25, -0.2) is 4.98 Å². The molecule has 4 nitrogen and oxygen atoms in total. The molecule has 1 aromatic heterocycles.